The fourth-order valence-corrected chi connectivity index (χ4v) is 6.30. The minimum Gasteiger partial charge on any atom is -0.347 e. The molecule has 2 aromatic rings. The molecule has 5 rings (SSSR count). The molecular formula is C21H22F3N3O2S2. The van der Waals surface area contributed by atoms with Gasteiger partial charge < -0.3 is 10.6 Å². The third-order valence-corrected chi connectivity index (χ3v) is 8.18. The van der Waals surface area contributed by atoms with Crippen LogP contribution in [0, 0.1) is 5.92 Å². The lowest BCUT2D eigenvalue weighted by atomic mass is 9.79. The zero-order valence-corrected chi connectivity index (χ0v) is 18.4. The molecule has 3 saturated heterocycles. The van der Waals surface area contributed by atoms with Crippen molar-refractivity contribution >= 4 is 40.6 Å². The maximum Gasteiger partial charge on any atom is 0.471 e. The van der Waals surface area contributed by atoms with E-state index in [1.54, 1.807) is 30.3 Å². The highest BCUT2D eigenvalue weighted by Gasteiger charge is 2.41. The largest absolute Gasteiger partial charge is 0.471 e. The summed E-state index contributed by atoms with van der Waals surface area (Å²) in [5.41, 5.74) is 0.0790. The van der Waals surface area contributed by atoms with E-state index >= 15 is 0 Å². The Morgan fingerprint density at radius 3 is 2.52 bits per heavy atom. The molecule has 2 N–H and O–H groups in total. The molecule has 1 aromatic heterocycles. The Bertz CT molecular complexity index is 969. The van der Waals surface area contributed by atoms with Crippen LogP contribution >= 0.6 is 23.1 Å². The van der Waals surface area contributed by atoms with Crippen LogP contribution in [0.2, 0.25) is 0 Å². The van der Waals surface area contributed by atoms with Crippen molar-refractivity contribution in [1.29, 1.82) is 0 Å². The maximum absolute atomic E-state index is 12.8. The molecule has 0 radical (unpaired) electrons. The molecule has 10 heteroatoms. The van der Waals surface area contributed by atoms with Gasteiger partial charge in [-0.1, -0.05) is 23.9 Å². The summed E-state index contributed by atoms with van der Waals surface area (Å²) in [6.07, 6.45) is -2.76. The first-order valence-electron chi connectivity index (χ1n) is 10.0. The molecule has 2 unspecified atom stereocenters. The van der Waals surface area contributed by atoms with Crippen LogP contribution in [0.15, 0.2) is 45.5 Å². The van der Waals surface area contributed by atoms with E-state index in [4.69, 9.17) is 0 Å². The topological polar surface area (TPSA) is 61.4 Å². The highest BCUT2D eigenvalue weighted by Crippen LogP contribution is 2.38. The number of halogens is 3. The van der Waals surface area contributed by atoms with Crippen molar-refractivity contribution in [3.05, 3.63) is 41.3 Å². The number of amides is 2. The molecule has 0 saturated carbocycles. The SMILES string of the molecule is CC1C(NC(=O)c2ccc(Sc3ccccc3NC(=O)C(F)(F)F)s2)C2CCN1CC2. The van der Waals surface area contributed by atoms with Gasteiger partial charge in [0.2, 0.25) is 0 Å². The molecule has 0 spiro atoms. The summed E-state index contributed by atoms with van der Waals surface area (Å²) < 4.78 is 38.5. The van der Waals surface area contributed by atoms with Gasteiger partial charge in [0.15, 0.2) is 0 Å². The molecule has 2 bridgehead atoms. The Balaban J connectivity index is 1.43. The van der Waals surface area contributed by atoms with Crippen molar-refractivity contribution in [2.24, 2.45) is 5.92 Å². The summed E-state index contributed by atoms with van der Waals surface area (Å²) in [7, 11) is 0. The molecule has 0 aliphatic carbocycles. The van der Waals surface area contributed by atoms with Crippen molar-refractivity contribution in [2.45, 2.75) is 47.1 Å². The lowest BCUT2D eigenvalue weighted by molar-refractivity contribution is -0.167. The van der Waals surface area contributed by atoms with Crippen LogP contribution in [-0.4, -0.2) is 48.1 Å². The highest BCUT2D eigenvalue weighted by atomic mass is 32.2. The van der Waals surface area contributed by atoms with Crippen molar-refractivity contribution in [3.63, 3.8) is 0 Å². The smallest absolute Gasteiger partial charge is 0.347 e. The minimum atomic E-state index is -4.96. The van der Waals surface area contributed by atoms with Crippen LogP contribution in [-0.2, 0) is 4.79 Å². The number of fused-ring (bicyclic) bond motifs is 3. The van der Waals surface area contributed by atoms with Gasteiger partial charge in [-0.3, -0.25) is 14.5 Å². The Morgan fingerprint density at radius 1 is 1.13 bits per heavy atom. The molecule has 3 aliphatic heterocycles. The number of anilines is 1. The quantitative estimate of drug-likeness (QED) is 0.671. The van der Waals surface area contributed by atoms with Crippen LogP contribution in [0.4, 0.5) is 18.9 Å². The predicted molar refractivity (Wildman–Crippen MR) is 115 cm³/mol. The first-order valence-corrected chi connectivity index (χ1v) is 11.7. The molecular weight excluding hydrogens is 447 g/mol. The number of hydrogen-bond acceptors (Lipinski definition) is 5. The molecule has 2 atom stereocenters. The van der Waals surface area contributed by atoms with Gasteiger partial charge in [-0.15, -0.1) is 11.3 Å². The second-order valence-corrected chi connectivity index (χ2v) is 10.2. The number of rotatable bonds is 5. The normalized spacial score (nSPS) is 25.3. The van der Waals surface area contributed by atoms with E-state index in [0.29, 0.717) is 21.7 Å². The number of benzene rings is 1. The first kappa shape index (κ1) is 22.2. The maximum atomic E-state index is 12.8. The Hall–Kier alpha value is -2.04. The van der Waals surface area contributed by atoms with E-state index in [1.165, 1.54) is 29.2 Å². The van der Waals surface area contributed by atoms with Gasteiger partial charge >= 0.3 is 12.1 Å². The molecule has 1 aromatic carbocycles. The minimum absolute atomic E-state index is 0.0790. The summed E-state index contributed by atoms with van der Waals surface area (Å²) in [5.74, 6) is -1.64. The van der Waals surface area contributed by atoms with E-state index in [2.05, 4.69) is 17.1 Å². The molecule has 31 heavy (non-hydrogen) atoms. The monoisotopic (exact) mass is 469 g/mol. The zero-order valence-electron chi connectivity index (χ0n) is 16.7. The van der Waals surface area contributed by atoms with Gasteiger partial charge in [-0.05, 0) is 63.0 Å². The van der Waals surface area contributed by atoms with E-state index in [0.717, 1.165) is 30.1 Å². The summed E-state index contributed by atoms with van der Waals surface area (Å²) >= 11 is 2.49. The predicted octanol–water partition coefficient (Wildman–Crippen LogP) is 4.61. The van der Waals surface area contributed by atoms with Gasteiger partial charge in [0.1, 0.15) is 0 Å². The van der Waals surface area contributed by atoms with Crippen LogP contribution < -0.4 is 10.6 Å². The summed E-state index contributed by atoms with van der Waals surface area (Å²) in [6, 6.07) is 10.2. The van der Waals surface area contributed by atoms with Crippen molar-refractivity contribution in [1.82, 2.24) is 10.2 Å². The molecule has 5 nitrogen and oxygen atoms in total. The van der Waals surface area contributed by atoms with Crippen molar-refractivity contribution in [2.75, 3.05) is 18.4 Å². The van der Waals surface area contributed by atoms with E-state index in [1.807, 2.05) is 5.32 Å². The average Bonchev–Trinajstić information content (AvgIpc) is 3.20. The van der Waals surface area contributed by atoms with E-state index in [-0.39, 0.29) is 17.6 Å². The number of para-hydroxylation sites is 1. The number of nitrogens with zero attached hydrogens (tertiary/aromatic N) is 1. The Kier molecular flexibility index (Phi) is 6.32. The fraction of sp³-hybridized carbons (Fsp3) is 0.429. The van der Waals surface area contributed by atoms with E-state index < -0.39 is 12.1 Å². The third kappa shape index (κ3) is 4.91. The van der Waals surface area contributed by atoms with Gasteiger partial charge in [0, 0.05) is 17.0 Å². The number of carbonyl (C=O) groups excluding carboxylic acids is 2. The number of piperidine rings is 3. The number of nitrogens with one attached hydrogen (secondary N) is 2. The number of alkyl halides is 3. The number of thiophene rings is 1. The lowest BCUT2D eigenvalue weighted by Gasteiger charge is -2.49. The second-order valence-electron chi connectivity index (χ2n) is 7.78. The second kappa shape index (κ2) is 8.84. The third-order valence-electron chi connectivity index (χ3n) is 5.88. The van der Waals surface area contributed by atoms with Crippen LogP contribution in [0.25, 0.3) is 0 Å². The van der Waals surface area contributed by atoms with Gasteiger partial charge in [0.05, 0.1) is 14.8 Å². The van der Waals surface area contributed by atoms with Crippen LogP contribution in [0.5, 0.6) is 0 Å². The first-order chi connectivity index (χ1) is 14.7. The lowest BCUT2D eigenvalue weighted by Crippen LogP contribution is -2.62. The summed E-state index contributed by atoms with van der Waals surface area (Å²) in [5, 5.41) is 5.10. The molecule has 3 fully saturated rings. The van der Waals surface area contributed by atoms with Crippen LogP contribution in [0.1, 0.15) is 29.4 Å². The zero-order chi connectivity index (χ0) is 22.2. The van der Waals surface area contributed by atoms with E-state index in [9.17, 15) is 22.8 Å². The van der Waals surface area contributed by atoms with Gasteiger partial charge in [-0.2, -0.15) is 13.2 Å². The summed E-state index contributed by atoms with van der Waals surface area (Å²) in [6.45, 7) is 4.32. The standard InChI is InChI=1S/C21H22F3N3O2S2/c1-12-18(13-8-10-27(12)11-9-13)26-19(28)16-6-7-17(31-16)30-15-5-3-2-4-14(15)25-20(29)21(22,23)24/h2-7,12-13,18H,8-11H2,1H3,(H,25,29)(H,26,28). The fourth-order valence-electron chi connectivity index (χ4n) is 4.23. The molecule has 3 aliphatic rings. The molecule has 2 amide bonds. The Labute approximate surface area is 186 Å². The molecule has 166 valence electrons. The molecule has 4 heterocycles. The number of hydrogen-bond donors (Lipinski definition) is 2. The van der Waals surface area contributed by atoms with Gasteiger partial charge in [-0.25, -0.2) is 0 Å². The van der Waals surface area contributed by atoms with Crippen molar-refractivity contribution < 1.29 is 22.8 Å². The highest BCUT2D eigenvalue weighted by molar-refractivity contribution is 8.01. The van der Waals surface area contributed by atoms with Crippen molar-refractivity contribution in [3.8, 4) is 0 Å². The van der Waals surface area contributed by atoms with Crippen LogP contribution in [0.3, 0.4) is 0 Å². The summed E-state index contributed by atoms with van der Waals surface area (Å²) in [4.78, 5) is 27.6. The number of carbonyl (C=O) groups is 2. The average molecular weight is 470 g/mol. The Morgan fingerprint density at radius 2 is 1.84 bits per heavy atom. The van der Waals surface area contributed by atoms with Gasteiger partial charge in [0.25, 0.3) is 5.91 Å².